The number of carbonyl (C=O) groups excluding carboxylic acids is 1. The first-order valence-electron chi connectivity index (χ1n) is 8.85. The van der Waals surface area contributed by atoms with Crippen molar-refractivity contribution < 1.29 is 4.79 Å². The fourth-order valence-corrected chi connectivity index (χ4v) is 4.49. The Morgan fingerprint density at radius 2 is 2.04 bits per heavy atom. The summed E-state index contributed by atoms with van der Waals surface area (Å²) in [6, 6.07) is 0.209. The van der Waals surface area contributed by atoms with E-state index in [4.69, 9.17) is 0 Å². The van der Waals surface area contributed by atoms with Crippen LogP contribution in [0.25, 0.3) is 5.65 Å². The van der Waals surface area contributed by atoms with Crippen LogP contribution in [-0.2, 0) is 7.05 Å². The smallest absolute Gasteiger partial charge is 0.256 e. The summed E-state index contributed by atoms with van der Waals surface area (Å²) < 4.78 is 3.71. The van der Waals surface area contributed by atoms with Crippen molar-refractivity contribution in [2.75, 3.05) is 0 Å². The molecule has 8 heteroatoms. The highest BCUT2D eigenvalue weighted by Gasteiger charge is 2.25. The predicted molar refractivity (Wildman–Crippen MR) is 100 cm³/mol. The average molecular weight is 370 g/mol. The first-order chi connectivity index (χ1) is 12.6. The molecule has 0 aliphatic heterocycles. The Hall–Kier alpha value is -2.35. The average Bonchev–Trinajstić information content (AvgIpc) is 3.22. The van der Waals surface area contributed by atoms with E-state index < -0.39 is 0 Å². The van der Waals surface area contributed by atoms with Crippen molar-refractivity contribution in [2.24, 2.45) is 7.05 Å². The van der Waals surface area contributed by atoms with E-state index in [1.165, 1.54) is 0 Å². The van der Waals surface area contributed by atoms with Gasteiger partial charge in [0.25, 0.3) is 5.91 Å². The van der Waals surface area contributed by atoms with Crippen LogP contribution in [0.2, 0.25) is 0 Å². The van der Waals surface area contributed by atoms with E-state index >= 15 is 0 Å². The maximum Gasteiger partial charge on any atom is 0.256 e. The van der Waals surface area contributed by atoms with Gasteiger partial charge in [0.15, 0.2) is 10.8 Å². The molecule has 0 atom stereocenters. The summed E-state index contributed by atoms with van der Waals surface area (Å²) in [5, 5.41) is 9.01. The standard InChI is InChI=1S/C18H22N6OS/c1-12-9-20-16-15(10-21-24(16)11-12)17(25)22-13-3-5-14(6-4-13)26-18-19-7-8-23(18)2/h7-11,13-14H,3-6H2,1-2H3,(H,22,25). The van der Waals surface area contributed by atoms with Gasteiger partial charge in [0.05, 0.1) is 6.20 Å². The van der Waals surface area contributed by atoms with Crippen molar-refractivity contribution in [2.45, 2.75) is 49.1 Å². The lowest BCUT2D eigenvalue weighted by Gasteiger charge is -2.28. The fraction of sp³-hybridized carbons (Fsp3) is 0.444. The van der Waals surface area contributed by atoms with Crippen LogP contribution in [0.15, 0.2) is 36.1 Å². The molecule has 136 valence electrons. The normalized spacial score (nSPS) is 20.4. The molecule has 0 aromatic carbocycles. The number of fused-ring (bicyclic) bond motifs is 1. The second-order valence-corrected chi connectivity index (χ2v) is 8.11. The Balaban J connectivity index is 1.35. The van der Waals surface area contributed by atoms with Gasteiger partial charge in [-0.3, -0.25) is 4.79 Å². The summed E-state index contributed by atoms with van der Waals surface area (Å²) in [4.78, 5) is 21.4. The molecule has 3 heterocycles. The number of aromatic nitrogens is 5. The van der Waals surface area contributed by atoms with E-state index in [9.17, 15) is 4.79 Å². The van der Waals surface area contributed by atoms with Crippen LogP contribution in [0, 0.1) is 6.92 Å². The predicted octanol–water partition coefficient (Wildman–Crippen LogP) is 2.60. The number of hydrogen-bond donors (Lipinski definition) is 1. The first-order valence-corrected chi connectivity index (χ1v) is 9.73. The van der Waals surface area contributed by atoms with Crippen molar-refractivity contribution in [1.82, 2.24) is 29.5 Å². The Labute approximate surface area is 156 Å². The van der Waals surface area contributed by atoms with Crippen LogP contribution in [0.4, 0.5) is 0 Å². The number of aryl methyl sites for hydroxylation is 2. The largest absolute Gasteiger partial charge is 0.349 e. The fourth-order valence-electron chi connectivity index (χ4n) is 3.33. The van der Waals surface area contributed by atoms with Gasteiger partial charge in [-0.2, -0.15) is 5.10 Å². The van der Waals surface area contributed by atoms with Gasteiger partial charge in [-0.15, -0.1) is 0 Å². The third kappa shape index (κ3) is 3.46. The van der Waals surface area contributed by atoms with Gasteiger partial charge in [0, 0.05) is 43.1 Å². The van der Waals surface area contributed by atoms with Gasteiger partial charge in [-0.25, -0.2) is 14.5 Å². The molecular weight excluding hydrogens is 348 g/mol. The van der Waals surface area contributed by atoms with E-state index in [1.54, 1.807) is 16.9 Å². The number of carbonyl (C=O) groups is 1. The Kier molecular flexibility index (Phi) is 4.67. The minimum Gasteiger partial charge on any atom is -0.349 e. The van der Waals surface area contributed by atoms with E-state index in [0.717, 1.165) is 36.4 Å². The Morgan fingerprint density at radius 3 is 2.77 bits per heavy atom. The molecule has 0 radical (unpaired) electrons. The summed E-state index contributed by atoms with van der Waals surface area (Å²) in [5.74, 6) is -0.0865. The molecule has 1 N–H and O–H groups in total. The number of rotatable bonds is 4. The minimum absolute atomic E-state index is 0.0865. The van der Waals surface area contributed by atoms with Crippen molar-refractivity contribution >= 4 is 23.3 Å². The van der Waals surface area contributed by atoms with Crippen LogP contribution in [-0.4, -0.2) is 41.3 Å². The highest BCUT2D eigenvalue weighted by molar-refractivity contribution is 7.99. The molecule has 3 aromatic heterocycles. The van der Waals surface area contributed by atoms with Crippen molar-refractivity contribution in [3.05, 3.63) is 42.1 Å². The van der Waals surface area contributed by atoms with Crippen LogP contribution in [0.3, 0.4) is 0 Å². The van der Waals surface area contributed by atoms with E-state index in [-0.39, 0.29) is 11.9 Å². The van der Waals surface area contributed by atoms with Gasteiger partial charge in [-0.05, 0) is 38.2 Å². The molecule has 1 aliphatic rings. The molecule has 26 heavy (non-hydrogen) atoms. The van der Waals surface area contributed by atoms with Gasteiger partial charge in [0.1, 0.15) is 5.56 Å². The zero-order valence-corrected chi connectivity index (χ0v) is 15.7. The quantitative estimate of drug-likeness (QED) is 0.764. The summed E-state index contributed by atoms with van der Waals surface area (Å²) in [6.07, 6.45) is 13.2. The number of nitrogens with zero attached hydrogens (tertiary/aromatic N) is 5. The molecule has 4 rings (SSSR count). The van der Waals surface area contributed by atoms with E-state index in [0.29, 0.717) is 16.5 Å². The lowest BCUT2D eigenvalue weighted by atomic mass is 9.95. The first kappa shape index (κ1) is 17.1. The molecule has 0 bridgehead atoms. The number of thioether (sulfide) groups is 1. The van der Waals surface area contributed by atoms with Gasteiger partial charge >= 0.3 is 0 Å². The maximum atomic E-state index is 12.6. The van der Waals surface area contributed by atoms with Gasteiger partial charge < -0.3 is 9.88 Å². The van der Waals surface area contributed by atoms with Crippen LogP contribution in [0.5, 0.6) is 0 Å². The van der Waals surface area contributed by atoms with Crippen LogP contribution < -0.4 is 5.32 Å². The zero-order valence-electron chi connectivity index (χ0n) is 14.9. The summed E-state index contributed by atoms with van der Waals surface area (Å²) in [5.41, 5.74) is 2.15. The molecule has 3 aromatic rings. The molecule has 7 nitrogen and oxygen atoms in total. The highest BCUT2D eigenvalue weighted by atomic mass is 32.2. The Morgan fingerprint density at radius 1 is 1.23 bits per heavy atom. The van der Waals surface area contributed by atoms with Gasteiger partial charge in [0.2, 0.25) is 0 Å². The molecule has 0 saturated heterocycles. The van der Waals surface area contributed by atoms with Crippen molar-refractivity contribution in [3.8, 4) is 0 Å². The molecule has 0 unspecified atom stereocenters. The zero-order chi connectivity index (χ0) is 18.1. The number of amides is 1. The summed E-state index contributed by atoms with van der Waals surface area (Å²) in [6.45, 7) is 1.95. The van der Waals surface area contributed by atoms with E-state index in [1.807, 2.05) is 44.3 Å². The molecule has 0 spiro atoms. The second kappa shape index (κ2) is 7.11. The van der Waals surface area contributed by atoms with Crippen molar-refractivity contribution in [1.29, 1.82) is 0 Å². The lowest BCUT2D eigenvalue weighted by Crippen LogP contribution is -2.38. The monoisotopic (exact) mass is 370 g/mol. The second-order valence-electron chi connectivity index (χ2n) is 6.84. The van der Waals surface area contributed by atoms with Crippen LogP contribution >= 0.6 is 11.8 Å². The third-order valence-corrected chi connectivity index (χ3v) is 6.20. The van der Waals surface area contributed by atoms with Gasteiger partial charge in [-0.1, -0.05) is 11.8 Å². The summed E-state index contributed by atoms with van der Waals surface area (Å²) in [7, 11) is 2.02. The topological polar surface area (TPSA) is 77.1 Å². The SMILES string of the molecule is Cc1cnc2c(C(=O)NC3CCC(Sc4nccn4C)CC3)cnn2c1. The van der Waals surface area contributed by atoms with Crippen molar-refractivity contribution in [3.63, 3.8) is 0 Å². The summed E-state index contributed by atoms with van der Waals surface area (Å²) >= 11 is 1.84. The number of imidazole rings is 1. The van der Waals surface area contributed by atoms with E-state index in [2.05, 4.69) is 25.0 Å². The number of nitrogens with one attached hydrogen (secondary N) is 1. The number of hydrogen-bond acceptors (Lipinski definition) is 5. The Bertz CT molecular complexity index is 925. The maximum absolute atomic E-state index is 12.6. The highest BCUT2D eigenvalue weighted by Crippen LogP contribution is 2.32. The molecule has 1 saturated carbocycles. The lowest BCUT2D eigenvalue weighted by molar-refractivity contribution is 0.0929. The molecule has 1 amide bonds. The van der Waals surface area contributed by atoms with Crippen LogP contribution in [0.1, 0.15) is 41.6 Å². The molecule has 1 fully saturated rings. The molecular formula is C18H22N6OS. The minimum atomic E-state index is -0.0865. The third-order valence-electron chi connectivity index (χ3n) is 4.79. The molecule has 1 aliphatic carbocycles.